The van der Waals surface area contributed by atoms with Crippen molar-refractivity contribution in [1.82, 2.24) is 5.32 Å². The van der Waals surface area contributed by atoms with Crippen LogP contribution >= 0.6 is 0 Å². The molecule has 7 heteroatoms. The molecule has 6 nitrogen and oxygen atoms in total. The quantitative estimate of drug-likeness (QED) is 0.552. The Morgan fingerprint density at radius 2 is 1.42 bits per heavy atom. The molecule has 0 saturated heterocycles. The monoisotopic (exact) mass is 438 g/mol. The van der Waals surface area contributed by atoms with Crippen molar-refractivity contribution in [2.45, 2.75) is 13.0 Å². The summed E-state index contributed by atoms with van der Waals surface area (Å²) in [6.45, 7) is 1.95. The molecule has 3 rings (SSSR count). The minimum absolute atomic E-state index is 0.154. The van der Waals surface area contributed by atoms with Crippen LogP contribution in [-0.4, -0.2) is 33.7 Å². The summed E-state index contributed by atoms with van der Waals surface area (Å²) in [5.41, 5.74) is 2.51. The zero-order chi connectivity index (χ0) is 22.3. The summed E-state index contributed by atoms with van der Waals surface area (Å²) in [6, 6.07) is 25.8. The largest absolute Gasteiger partial charge is 0.484 e. The fourth-order valence-corrected chi connectivity index (χ4v) is 4.29. The highest BCUT2D eigenvalue weighted by atomic mass is 32.2. The van der Waals surface area contributed by atoms with E-state index < -0.39 is 10.0 Å². The highest BCUT2D eigenvalue weighted by molar-refractivity contribution is 7.92. The van der Waals surface area contributed by atoms with Gasteiger partial charge in [0, 0.05) is 6.54 Å². The molecule has 0 bridgehead atoms. The summed E-state index contributed by atoms with van der Waals surface area (Å²) in [5, 5.41) is 3.03. The van der Waals surface area contributed by atoms with E-state index in [1.54, 1.807) is 31.2 Å². The number of nitrogens with one attached hydrogen (secondary N) is 1. The van der Waals surface area contributed by atoms with Crippen molar-refractivity contribution >= 4 is 21.6 Å². The number of ether oxygens (including phenoxy) is 1. The molecular formula is C24H26N2O4S. The summed E-state index contributed by atoms with van der Waals surface area (Å²) in [6.07, 6.45) is 1.17. The number of nitrogens with zero attached hydrogens (tertiary/aromatic N) is 1. The average Bonchev–Trinajstić information content (AvgIpc) is 2.77. The average molecular weight is 439 g/mol. The third-order valence-corrected chi connectivity index (χ3v) is 6.02. The maximum atomic E-state index is 12.6. The Balaban J connectivity index is 1.66. The Hall–Kier alpha value is -3.32. The van der Waals surface area contributed by atoms with E-state index in [4.69, 9.17) is 4.74 Å². The normalized spacial score (nSPS) is 11.2. The van der Waals surface area contributed by atoms with Crippen LogP contribution in [0.15, 0.2) is 84.9 Å². The second-order valence-electron chi connectivity index (χ2n) is 7.03. The number of amides is 1. The predicted octanol–water partition coefficient (Wildman–Crippen LogP) is 3.76. The van der Waals surface area contributed by atoms with Gasteiger partial charge in [0.1, 0.15) is 5.75 Å². The van der Waals surface area contributed by atoms with E-state index in [2.05, 4.69) is 5.32 Å². The van der Waals surface area contributed by atoms with Gasteiger partial charge in [-0.1, -0.05) is 60.7 Å². The Morgan fingerprint density at radius 1 is 0.903 bits per heavy atom. The summed E-state index contributed by atoms with van der Waals surface area (Å²) in [5.74, 6) is 0.229. The van der Waals surface area contributed by atoms with Gasteiger partial charge in [-0.25, -0.2) is 8.42 Å². The van der Waals surface area contributed by atoms with E-state index in [1.807, 2.05) is 60.7 Å². The van der Waals surface area contributed by atoms with Crippen LogP contribution in [-0.2, 0) is 14.8 Å². The van der Waals surface area contributed by atoms with Gasteiger partial charge >= 0.3 is 0 Å². The third-order valence-electron chi connectivity index (χ3n) is 4.75. The SMILES string of the molecule is CCN(c1ccc(OCC(=O)NC(c2ccccc2)c2ccccc2)cc1)S(C)(=O)=O. The van der Waals surface area contributed by atoms with Gasteiger partial charge in [-0.15, -0.1) is 0 Å². The van der Waals surface area contributed by atoms with Gasteiger partial charge in [0.15, 0.2) is 6.61 Å². The minimum Gasteiger partial charge on any atom is -0.484 e. The highest BCUT2D eigenvalue weighted by Crippen LogP contribution is 2.23. The van der Waals surface area contributed by atoms with Crippen molar-refractivity contribution in [3.05, 3.63) is 96.1 Å². The second kappa shape index (κ2) is 10.1. The number of rotatable bonds is 9. The Kier molecular flexibility index (Phi) is 7.31. The van der Waals surface area contributed by atoms with Crippen molar-refractivity contribution in [1.29, 1.82) is 0 Å². The molecule has 0 atom stereocenters. The topological polar surface area (TPSA) is 75.7 Å². The molecule has 1 amide bonds. The first-order valence-corrected chi connectivity index (χ1v) is 11.8. The van der Waals surface area contributed by atoms with Crippen molar-refractivity contribution in [3.8, 4) is 5.75 Å². The summed E-state index contributed by atoms with van der Waals surface area (Å²) in [7, 11) is -3.34. The number of benzene rings is 3. The lowest BCUT2D eigenvalue weighted by Crippen LogP contribution is -2.33. The Morgan fingerprint density at radius 3 is 1.87 bits per heavy atom. The lowest BCUT2D eigenvalue weighted by molar-refractivity contribution is -0.123. The van der Waals surface area contributed by atoms with Crippen LogP contribution in [0.2, 0.25) is 0 Å². The number of carbonyl (C=O) groups is 1. The molecule has 0 aliphatic carbocycles. The van der Waals surface area contributed by atoms with Gasteiger partial charge in [0.05, 0.1) is 18.0 Å². The summed E-state index contributed by atoms with van der Waals surface area (Å²) < 4.78 is 30.6. The van der Waals surface area contributed by atoms with Crippen molar-refractivity contribution in [3.63, 3.8) is 0 Å². The lowest BCUT2D eigenvalue weighted by atomic mass is 9.99. The summed E-state index contributed by atoms with van der Waals surface area (Å²) in [4.78, 5) is 12.6. The van der Waals surface area contributed by atoms with Crippen molar-refractivity contribution in [2.75, 3.05) is 23.7 Å². The smallest absolute Gasteiger partial charge is 0.258 e. The predicted molar refractivity (Wildman–Crippen MR) is 123 cm³/mol. The number of carbonyl (C=O) groups excluding carboxylic acids is 1. The first-order valence-electron chi connectivity index (χ1n) is 9.98. The van der Waals surface area contributed by atoms with Crippen LogP contribution in [0, 0.1) is 0 Å². The molecule has 0 unspecified atom stereocenters. The molecule has 31 heavy (non-hydrogen) atoms. The van der Waals surface area contributed by atoms with Crippen LogP contribution < -0.4 is 14.4 Å². The van der Waals surface area contributed by atoms with Crippen LogP contribution in [0.4, 0.5) is 5.69 Å². The molecule has 3 aromatic carbocycles. The van der Waals surface area contributed by atoms with E-state index in [1.165, 1.54) is 10.6 Å². The standard InChI is InChI=1S/C24H26N2O4S/c1-3-26(31(2,28)29)21-14-16-22(17-15-21)30-18-23(27)25-24(19-10-6-4-7-11-19)20-12-8-5-9-13-20/h4-17,24H,3,18H2,1-2H3,(H,25,27). The molecule has 0 fully saturated rings. The van der Waals surface area contributed by atoms with Crippen molar-refractivity contribution in [2.24, 2.45) is 0 Å². The number of sulfonamides is 1. The third kappa shape index (κ3) is 6.08. The molecule has 0 heterocycles. The second-order valence-corrected chi connectivity index (χ2v) is 8.94. The lowest BCUT2D eigenvalue weighted by Gasteiger charge is -2.21. The summed E-state index contributed by atoms with van der Waals surface area (Å²) >= 11 is 0. The minimum atomic E-state index is -3.34. The molecule has 1 N–H and O–H groups in total. The van der Waals surface area contributed by atoms with Crippen molar-refractivity contribution < 1.29 is 17.9 Å². The van der Waals surface area contributed by atoms with E-state index in [0.29, 0.717) is 18.0 Å². The zero-order valence-corrected chi connectivity index (χ0v) is 18.4. The van der Waals surface area contributed by atoms with Gasteiger partial charge in [0.25, 0.3) is 5.91 Å². The van der Waals surface area contributed by atoms with E-state index in [0.717, 1.165) is 11.1 Å². The molecule has 0 spiro atoms. The van der Waals surface area contributed by atoms with Gasteiger partial charge in [-0.3, -0.25) is 9.10 Å². The molecule has 162 valence electrons. The van der Waals surface area contributed by atoms with E-state index >= 15 is 0 Å². The molecule has 0 aliphatic heterocycles. The Labute approximate surface area is 183 Å². The number of hydrogen-bond donors (Lipinski definition) is 1. The van der Waals surface area contributed by atoms with Gasteiger partial charge < -0.3 is 10.1 Å². The maximum absolute atomic E-state index is 12.6. The molecule has 0 aromatic heterocycles. The van der Waals surface area contributed by atoms with Crippen LogP contribution in [0.25, 0.3) is 0 Å². The van der Waals surface area contributed by atoms with Crippen LogP contribution in [0.3, 0.4) is 0 Å². The first kappa shape index (κ1) is 22.4. The molecule has 0 aliphatic rings. The first-order chi connectivity index (χ1) is 14.9. The molecule has 3 aromatic rings. The Bertz CT molecular complexity index is 1050. The van der Waals surface area contributed by atoms with Crippen LogP contribution in [0.1, 0.15) is 24.1 Å². The van der Waals surface area contributed by atoms with Gasteiger partial charge in [-0.05, 0) is 42.3 Å². The molecular weight excluding hydrogens is 412 g/mol. The molecule has 0 saturated carbocycles. The zero-order valence-electron chi connectivity index (χ0n) is 17.6. The maximum Gasteiger partial charge on any atom is 0.258 e. The number of hydrogen-bond acceptors (Lipinski definition) is 4. The molecule has 0 radical (unpaired) electrons. The van der Waals surface area contributed by atoms with E-state index in [9.17, 15) is 13.2 Å². The highest BCUT2D eigenvalue weighted by Gasteiger charge is 2.17. The number of anilines is 1. The van der Waals surface area contributed by atoms with Gasteiger partial charge in [0.2, 0.25) is 10.0 Å². The van der Waals surface area contributed by atoms with Gasteiger partial charge in [-0.2, -0.15) is 0 Å². The van der Waals surface area contributed by atoms with Crippen LogP contribution in [0.5, 0.6) is 5.75 Å². The fraction of sp³-hybridized carbons (Fsp3) is 0.208. The van der Waals surface area contributed by atoms with E-state index in [-0.39, 0.29) is 18.6 Å². The fourth-order valence-electron chi connectivity index (χ4n) is 3.32.